The van der Waals surface area contributed by atoms with E-state index in [1.165, 1.54) is 11.8 Å². The molecule has 1 aliphatic rings. The van der Waals surface area contributed by atoms with Gasteiger partial charge in [-0.15, -0.1) is 6.58 Å². The molecule has 1 aliphatic heterocycles. The summed E-state index contributed by atoms with van der Waals surface area (Å²) in [4.78, 5) is 30.6. The summed E-state index contributed by atoms with van der Waals surface area (Å²) in [5.74, 6) is -0.313. The SMILES string of the molecule is C=CCc1cc(/C=C2\SC(=NCC)N(CC)C2=O)cc(Br)c1OCc1ccc(C(=O)O)cc1. The number of nitrogens with zero attached hydrogens (tertiary/aromatic N) is 2. The van der Waals surface area contributed by atoms with Crippen LogP contribution in [-0.2, 0) is 17.8 Å². The van der Waals surface area contributed by atoms with E-state index in [0.717, 1.165) is 26.3 Å². The fourth-order valence-corrected chi connectivity index (χ4v) is 5.05. The van der Waals surface area contributed by atoms with Gasteiger partial charge in [-0.05, 0) is 95.0 Å². The van der Waals surface area contributed by atoms with Gasteiger partial charge >= 0.3 is 5.97 Å². The first kappa shape index (κ1) is 24.8. The van der Waals surface area contributed by atoms with Crippen molar-refractivity contribution in [3.8, 4) is 5.75 Å². The Labute approximate surface area is 206 Å². The maximum atomic E-state index is 12.8. The van der Waals surface area contributed by atoms with Crippen LogP contribution in [-0.4, -0.2) is 40.1 Å². The summed E-state index contributed by atoms with van der Waals surface area (Å²) in [7, 11) is 0. The molecule has 1 saturated heterocycles. The largest absolute Gasteiger partial charge is 0.487 e. The van der Waals surface area contributed by atoms with Crippen LogP contribution in [0.4, 0.5) is 0 Å². The van der Waals surface area contributed by atoms with Crippen molar-refractivity contribution in [2.24, 2.45) is 4.99 Å². The summed E-state index contributed by atoms with van der Waals surface area (Å²) in [5, 5.41) is 9.78. The van der Waals surface area contributed by atoms with Gasteiger partial charge in [0, 0.05) is 13.1 Å². The molecule has 1 fully saturated rings. The molecule has 172 valence electrons. The van der Waals surface area contributed by atoms with Crippen LogP contribution in [0.5, 0.6) is 5.75 Å². The first-order chi connectivity index (χ1) is 15.9. The minimum absolute atomic E-state index is 0.0405. The van der Waals surface area contributed by atoms with Crippen molar-refractivity contribution in [3.05, 3.63) is 80.7 Å². The maximum Gasteiger partial charge on any atom is 0.335 e. The van der Waals surface area contributed by atoms with Crippen LogP contribution in [0.3, 0.4) is 0 Å². The monoisotopic (exact) mass is 528 g/mol. The highest BCUT2D eigenvalue weighted by Gasteiger charge is 2.31. The molecule has 1 heterocycles. The van der Waals surface area contributed by atoms with Crippen molar-refractivity contribution in [2.75, 3.05) is 13.1 Å². The van der Waals surface area contributed by atoms with E-state index in [1.54, 1.807) is 35.2 Å². The van der Waals surface area contributed by atoms with Gasteiger partial charge in [0.05, 0.1) is 14.9 Å². The average Bonchev–Trinajstić information content (AvgIpc) is 3.07. The predicted molar refractivity (Wildman–Crippen MR) is 137 cm³/mol. The molecule has 0 saturated carbocycles. The van der Waals surface area contributed by atoms with Crippen LogP contribution in [0.15, 0.2) is 63.4 Å². The molecule has 8 heteroatoms. The number of halogens is 1. The number of amidine groups is 1. The molecular weight excluding hydrogens is 504 g/mol. The summed E-state index contributed by atoms with van der Waals surface area (Å²) in [6.45, 7) is 9.23. The summed E-state index contributed by atoms with van der Waals surface area (Å²) >= 11 is 5.00. The van der Waals surface area contributed by atoms with Gasteiger partial charge in [0.25, 0.3) is 5.91 Å². The number of benzene rings is 2. The Bertz CT molecular complexity index is 1130. The first-order valence-corrected chi connectivity index (χ1v) is 12.1. The van der Waals surface area contributed by atoms with E-state index in [9.17, 15) is 9.59 Å². The van der Waals surface area contributed by atoms with Gasteiger partial charge in [0.2, 0.25) is 0 Å². The topological polar surface area (TPSA) is 79.2 Å². The number of hydrogen-bond acceptors (Lipinski definition) is 5. The highest BCUT2D eigenvalue weighted by Crippen LogP contribution is 2.36. The number of carboxylic acid groups (broad SMARTS) is 1. The molecule has 6 nitrogen and oxygen atoms in total. The minimum Gasteiger partial charge on any atom is -0.487 e. The second kappa shape index (κ2) is 11.3. The number of likely N-dealkylation sites (N-methyl/N-ethyl adjacent to an activating group) is 1. The smallest absolute Gasteiger partial charge is 0.335 e. The lowest BCUT2D eigenvalue weighted by Crippen LogP contribution is -2.28. The van der Waals surface area contributed by atoms with E-state index in [2.05, 4.69) is 27.5 Å². The number of thioether (sulfide) groups is 1. The van der Waals surface area contributed by atoms with Crippen LogP contribution in [0.2, 0.25) is 0 Å². The number of ether oxygens (including phenoxy) is 1. The highest BCUT2D eigenvalue weighted by molar-refractivity contribution is 9.10. The summed E-state index contributed by atoms with van der Waals surface area (Å²) in [5.41, 5.74) is 2.90. The zero-order chi connectivity index (χ0) is 24.0. The lowest BCUT2D eigenvalue weighted by atomic mass is 10.1. The number of amides is 1. The summed E-state index contributed by atoms with van der Waals surface area (Å²) in [6.07, 6.45) is 4.26. The van der Waals surface area contributed by atoms with Crippen molar-refractivity contribution in [1.29, 1.82) is 0 Å². The lowest BCUT2D eigenvalue weighted by Gasteiger charge is -2.14. The van der Waals surface area contributed by atoms with Gasteiger partial charge in [-0.2, -0.15) is 0 Å². The Kier molecular flexibility index (Phi) is 8.52. The molecule has 2 aromatic rings. The molecule has 0 unspecified atom stereocenters. The van der Waals surface area contributed by atoms with Crippen LogP contribution < -0.4 is 4.74 Å². The molecule has 0 aliphatic carbocycles. The number of hydrogen-bond donors (Lipinski definition) is 1. The van der Waals surface area contributed by atoms with Crippen molar-refractivity contribution in [1.82, 2.24) is 4.90 Å². The molecule has 0 bridgehead atoms. The number of carbonyl (C=O) groups is 2. The normalized spacial score (nSPS) is 16.0. The highest BCUT2D eigenvalue weighted by atomic mass is 79.9. The Morgan fingerprint density at radius 3 is 2.61 bits per heavy atom. The molecule has 33 heavy (non-hydrogen) atoms. The van der Waals surface area contributed by atoms with Crippen LogP contribution >= 0.6 is 27.7 Å². The number of carboxylic acids is 1. The van der Waals surface area contributed by atoms with Gasteiger partial charge in [-0.1, -0.05) is 18.2 Å². The molecule has 1 amide bonds. The quantitative estimate of drug-likeness (QED) is 0.330. The second-order valence-corrected chi connectivity index (χ2v) is 9.05. The van der Waals surface area contributed by atoms with Gasteiger partial charge < -0.3 is 9.84 Å². The van der Waals surface area contributed by atoms with E-state index in [0.29, 0.717) is 36.8 Å². The first-order valence-electron chi connectivity index (χ1n) is 10.5. The fraction of sp³-hybridized carbons (Fsp3) is 0.240. The van der Waals surface area contributed by atoms with Gasteiger partial charge in [0.1, 0.15) is 12.4 Å². The minimum atomic E-state index is -0.961. The Morgan fingerprint density at radius 2 is 2.00 bits per heavy atom. The summed E-state index contributed by atoms with van der Waals surface area (Å²) in [6, 6.07) is 10.5. The summed E-state index contributed by atoms with van der Waals surface area (Å²) < 4.78 is 6.84. The van der Waals surface area contributed by atoms with Gasteiger partial charge in [0.15, 0.2) is 5.17 Å². The van der Waals surface area contributed by atoms with Gasteiger partial charge in [-0.3, -0.25) is 14.7 Å². The number of allylic oxidation sites excluding steroid dienone is 1. The third-order valence-corrected chi connectivity index (χ3v) is 6.52. The molecule has 0 radical (unpaired) electrons. The van der Waals surface area contributed by atoms with Crippen molar-refractivity contribution >= 4 is 50.8 Å². The Hall–Kier alpha value is -2.84. The molecule has 3 rings (SSSR count). The number of rotatable bonds is 9. The molecule has 0 atom stereocenters. The fourth-order valence-electron chi connectivity index (χ4n) is 3.32. The molecule has 0 aromatic heterocycles. The van der Waals surface area contributed by atoms with E-state index in [4.69, 9.17) is 9.84 Å². The molecule has 0 spiro atoms. The Balaban J connectivity index is 1.86. The third kappa shape index (κ3) is 5.94. The number of carbonyl (C=O) groups excluding carboxylic acids is 1. The lowest BCUT2D eigenvalue weighted by molar-refractivity contribution is -0.122. The van der Waals surface area contributed by atoms with Crippen LogP contribution in [0, 0.1) is 0 Å². The standard InChI is InChI=1S/C25H25BrN2O4S/c1-4-7-19-12-17(14-21-23(29)28(6-3)25(33-21)27-5-2)13-20(26)22(19)32-15-16-8-10-18(11-9-16)24(30)31/h4,8-14H,1,5-7,15H2,2-3H3,(H,30,31)/b21-14-,27-25?. The van der Waals surface area contributed by atoms with Crippen LogP contribution in [0.1, 0.15) is 40.9 Å². The van der Waals surface area contributed by atoms with Crippen LogP contribution in [0.25, 0.3) is 6.08 Å². The molecular formula is C25H25BrN2O4S. The molecule has 1 N–H and O–H groups in total. The number of aliphatic imine (C=N–C) groups is 1. The van der Waals surface area contributed by atoms with Crippen molar-refractivity contribution in [3.63, 3.8) is 0 Å². The van der Waals surface area contributed by atoms with E-state index >= 15 is 0 Å². The Morgan fingerprint density at radius 1 is 1.27 bits per heavy atom. The zero-order valence-corrected chi connectivity index (χ0v) is 20.9. The van der Waals surface area contributed by atoms with E-state index in [-0.39, 0.29) is 11.5 Å². The van der Waals surface area contributed by atoms with E-state index in [1.807, 2.05) is 32.1 Å². The third-order valence-electron chi connectivity index (χ3n) is 4.89. The predicted octanol–water partition coefficient (Wildman–Crippen LogP) is 5.77. The van der Waals surface area contributed by atoms with Crippen molar-refractivity contribution < 1.29 is 19.4 Å². The second-order valence-electron chi connectivity index (χ2n) is 7.19. The zero-order valence-electron chi connectivity index (χ0n) is 18.5. The van der Waals surface area contributed by atoms with E-state index < -0.39 is 5.97 Å². The maximum absolute atomic E-state index is 12.8. The van der Waals surface area contributed by atoms with Crippen molar-refractivity contribution in [2.45, 2.75) is 26.9 Å². The average molecular weight is 529 g/mol. The number of aromatic carboxylic acids is 1. The van der Waals surface area contributed by atoms with Gasteiger partial charge in [-0.25, -0.2) is 4.79 Å². The molecule has 2 aromatic carbocycles.